The van der Waals surface area contributed by atoms with E-state index in [0.717, 1.165) is 58.3 Å². The van der Waals surface area contributed by atoms with Crippen molar-refractivity contribution in [2.45, 2.75) is 81.8 Å². The summed E-state index contributed by atoms with van der Waals surface area (Å²) < 4.78 is 14.8. The van der Waals surface area contributed by atoms with Gasteiger partial charge < -0.3 is 30.1 Å². The minimum Gasteiger partial charge on any atom is -0.508 e. The second-order valence-corrected chi connectivity index (χ2v) is 13.9. The smallest absolute Gasteiger partial charge is 0.303 e. The molecule has 276 valence electrons. The summed E-state index contributed by atoms with van der Waals surface area (Å²) in [4.78, 5) is 23.1. The lowest BCUT2D eigenvalue weighted by atomic mass is 9.99. The van der Waals surface area contributed by atoms with Gasteiger partial charge in [-0.05, 0) is 87.5 Å². The number of aliphatic carboxylic acids is 1. The lowest BCUT2D eigenvalue weighted by molar-refractivity contribution is -0.245. The van der Waals surface area contributed by atoms with E-state index in [0.29, 0.717) is 36.7 Å². The van der Waals surface area contributed by atoms with Gasteiger partial charge in [-0.1, -0.05) is 85.3 Å². The van der Waals surface area contributed by atoms with Crippen LogP contribution < -0.4 is 5.32 Å². The van der Waals surface area contributed by atoms with E-state index < -0.39 is 12.3 Å². The molecule has 4 N–H and O–H groups in total. The maximum absolute atomic E-state index is 12.5. The number of phenolic OH excluding ortho intramolecular Hbond substituents is 1. The van der Waals surface area contributed by atoms with Gasteiger partial charge >= 0.3 is 5.97 Å². The Labute approximate surface area is 312 Å². The Morgan fingerprint density at radius 2 is 1.57 bits per heavy atom. The molecule has 1 aliphatic rings. The minimum absolute atomic E-state index is 0.0210. The number of ether oxygens (including phenoxy) is 2. The van der Waals surface area contributed by atoms with Gasteiger partial charge in [-0.3, -0.25) is 9.59 Å². The molecule has 0 aliphatic carbocycles. The predicted molar refractivity (Wildman–Crippen MR) is 199 cm³/mol. The van der Waals surface area contributed by atoms with Crippen molar-refractivity contribution >= 4 is 23.6 Å². The van der Waals surface area contributed by atoms with Crippen LogP contribution >= 0.6 is 11.8 Å². The standard InChI is InChI=1S/C40H43N5O7S/c46-25-27-13-15-29(16-14-27)36-23-35(26-53-40-42-43-44-45(40)33-17-19-34(47)20-18-33)51-39(52-36)32-10-6-9-31(22-32)30-8-5-7-28(21-30)24-41-37(48)11-3-1-2-4-12-38(49)50/h5-10,13-22,35-36,39,46-47H,1-4,11-12,23-26H2,(H,41,48)(H,49,50)/t35-,36+,39+/m0/s1. The molecule has 1 amide bonds. The highest BCUT2D eigenvalue weighted by Crippen LogP contribution is 2.40. The molecule has 53 heavy (non-hydrogen) atoms. The highest BCUT2D eigenvalue weighted by molar-refractivity contribution is 7.99. The molecule has 0 radical (unpaired) electrons. The van der Waals surface area contributed by atoms with Crippen molar-refractivity contribution in [2.75, 3.05) is 5.75 Å². The van der Waals surface area contributed by atoms with E-state index in [1.165, 1.54) is 11.8 Å². The van der Waals surface area contributed by atoms with Gasteiger partial charge in [0.25, 0.3) is 0 Å². The van der Waals surface area contributed by atoms with E-state index in [1.54, 1.807) is 28.9 Å². The molecular formula is C40H43N5O7S. The Hall–Kier alpha value is -5.08. The summed E-state index contributed by atoms with van der Waals surface area (Å²) in [5.74, 6) is -0.0901. The number of amides is 1. The fourth-order valence-corrected chi connectivity index (χ4v) is 7.05. The second-order valence-electron chi connectivity index (χ2n) is 13.0. The highest BCUT2D eigenvalue weighted by atomic mass is 32.2. The number of phenols is 1. The number of tetrazole rings is 1. The number of nitrogens with zero attached hydrogens (tertiary/aromatic N) is 4. The number of unbranched alkanes of at least 4 members (excludes halogenated alkanes) is 3. The molecular weight excluding hydrogens is 695 g/mol. The largest absolute Gasteiger partial charge is 0.508 e. The molecule has 0 unspecified atom stereocenters. The van der Waals surface area contributed by atoms with Gasteiger partial charge in [-0.15, -0.1) is 5.10 Å². The fourth-order valence-electron chi connectivity index (χ4n) is 6.15. The van der Waals surface area contributed by atoms with Crippen LogP contribution in [0.25, 0.3) is 16.8 Å². The summed E-state index contributed by atoms with van der Waals surface area (Å²) in [7, 11) is 0. The summed E-state index contributed by atoms with van der Waals surface area (Å²) in [6.07, 6.45) is 3.05. The number of thioether (sulfide) groups is 1. The third-order valence-corrected chi connectivity index (χ3v) is 10.1. The van der Waals surface area contributed by atoms with E-state index in [4.69, 9.17) is 14.6 Å². The van der Waals surface area contributed by atoms with Crippen LogP contribution in [-0.2, 0) is 32.2 Å². The maximum Gasteiger partial charge on any atom is 0.303 e. The Balaban J connectivity index is 1.13. The SMILES string of the molecule is O=C(O)CCCCCCC(=O)NCc1cccc(-c2cccc([C@@H]3O[C@H](CSc4nnnn4-c4ccc(O)cc4)C[C@H](c4ccc(CO)cc4)O3)c2)c1. The summed E-state index contributed by atoms with van der Waals surface area (Å²) >= 11 is 1.48. The molecule has 3 atom stereocenters. The van der Waals surface area contributed by atoms with Crippen molar-refractivity contribution in [3.63, 3.8) is 0 Å². The summed E-state index contributed by atoms with van der Waals surface area (Å²) in [5.41, 5.74) is 6.37. The third kappa shape index (κ3) is 10.7. The lowest BCUT2D eigenvalue weighted by Gasteiger charge is -2.36. The lowest BCUT2D eigenvalue weighted by Crippen LogP contribution is -2.31. The number of rotatable bonds is 17. The van der Waals surface area contributed by atoms with E-state index in [-0.39, 0.29) is 36.9 Å². The quantitative estimate of drug-likeness (QED) is 0.0578. The molecule has 1 aromatic heterocycles. The zero-order chi connectivity index (χ0) is 37.0. The van der Waals surface area contributed by atoms with Crippen molar-refractivity contribution in [1.82, 2.24) is 25.5 Å². The van der Waals surface area contributed by atoms with Gasteiger partial charge in [0.15, 0.2) is 6.29 Å². The van der Waals surface area contributed by atoms with Crippen molar-refractivity contribution in [3.05, 3.63) is 119 Å². The number of carboxylic acid groups (broad SMARTS) is 1. The zero-order valence-electron chi connectivity index (χ0n) is 29.2. The molecule has 4 aromatic carbocycles. The second kappa shape index (κ2) is 18.6. The molecule has 1 aliphatic heterocycles. The van der Waals surface area contributed by atoms with Crippen LogP contribution in [0.4, 0.5) is 0 Å². The molecule has 1 saturated heterocycles. The van der Waals surface area contributed by atoms with Gasteiger partial charge in [0.05, 0.1) is 24.5 Å². The average molecular weight is 738 g/mol. The average Bonchev–Trinajstić information content (AvgIpc) is 3.66. The number of benzene rings is 4. The number of hydrogen-bond donors (Lipinski definition) is 4. The number of carboxylic acids is 1. The molecule has 12 nitrogen and oxygen atoms in total. The number of aliphatic hydroxyl groups is 1. The van der Waals surface area contributed by atoms with Gasteiger partial charge in [-0.2, -0.15) is 4.68 Å². The number of hydrogen-bond acceptors (Lipinski definition) is 10. The predicted octanol–water partition coefficient (Wildman–Crippen LogP) is 6.91. The number of aliphatic hydroxyl groups excluding tert-OH is 1. The molecule has 6 rings (SSSR count). The topological polar surface area (TPSA) is 169 Å². The third-order valence-electron chi connectivity index (χ3n) is 9.00. The van der Waals surface area contributed by atoms with Crippen LogP contribution in [0.3, 0.4) is 0 Å². The first-order chi connectivity index (χ1) is 25.8. The highest BCUT2D eigenvalue weighted by Gasteiger charge is 2.33. The van der Waals surface area contributed by atoms with Gasteiger partial charge in [-0.25, -0.2) is 0 Å². The minimum atomic E-state index is -0.786. The first kappa shape index (κ1) is 37.7. The van der Waals surface area contributed by atoms with E-state index >= 15 is 0 Å². The van der Waals surface area contributed by atoms with E-state index in [9.17, 15) is 19.8 Å². The van der Waals surface area contributed by atoms with Crippen LogP contribution in [0.1, 0.15) is 79.6 Å². The van der Waals surface area contributed by atoms with Crippen LogP contribution in [0.15, 0.2) is 102 Å². The Morgan fingerprint density at radius 1 is 0.830 bits per heavy atom. The molecule has 1 fully saturated rings. The van der Waals surface area contributed by atoms with Crippen LogP contribution in [0.5, 0.6) is 5.75 Å². The monoisotopic (exact) mass is 737 g/mol. The summed E-state index contributed by atoms with van der Waals surface area (Å²) in [6.45, 7) is 0.372. The van der Waals surface area contributed by atoms with Gasteiger partial charge in [0, 0.05) is 37.1 Å². The van der Waals surface area contributed by atoms with Crippen LogP contribution in [0, 0.1) is 0 Å². The molecule has 0 spiro atoms. The van der Waals surface area contributed by atoms with Crippen molar-refractivity contribution < 1.29 is 34.4 Å². The zero-order valence-corrected chi connectivity index (χ0v) is 30.0. The number of carbonyl (C=O) groups excluding carboxylic acids is 1. The maximum atomic E-state index is 12.5. The number of nitrogens with one attached hydrogen (secondary N) is 1. The Bertz CT molecular complexity index is 1950. The Kier molecular flexibility index (Phi) is 13.2. The Morgan fingerprint density at radius 3 is 2.32 bits per heavy atom. The molecule has 0 bridgehead atoms. The van der Waals surface area contributed by atoms with Crippen LogP contribution in [-0.4, -0.2) is 59.3 Å². The van der Waals surface area contributed by atoms with Crippen molar-refractivity contribution in [1.29, 1.82) is 0 Å². The number of aromatic nitrogens is 4. The van der Waals surface area contributed by atoms with Crippen LogP contribution in [0.2, 0.25) is 0 Å². The molecule has 5 aromatic rings. The molecule has 0 saturated carbocycles. The molecule has 2 heterocycles. The summed E-state index contributed by atoms with van der Waals surface area (Å²) in [6, 6.07) is 30.6. The number of aromatic hydroxyl groups is 1. The molecule has 13 heteroatoms. The normalized spacial score (nSPS) is 17.0. The van der Waals surface area contributed by atoms with E-state index in [1.807, 2.05) is 60.7 Å². The fraction of sp³-hybridized carbons (Fsp3) is 0.325. The first-order valence-corrected chi connectivity index (χ1v) is 18.7. The van der Waals surface area contributed by atoms with E-state index in [2.05, 4.69) is 33.0 Å². The first-order valence-electron chi connectivity index (χ1n) is 17.7. The van der Waals surface area contributed by atoms with Gasteiger partial charge in [0.1, 0.15) is 5.75 Å². The van der Waals surface area contributed by atoms with Crippen molar-refractivity contribution in [3.8, 4) is 22.6 Å². The summed E-state index contributed by atoms with van der Waals surface area (Å²) in [5, 5.41) is 43.9. The van der Waals surface area contributed by atoms with Crippen molar-refractivity contribution in [2.24, 2.45) is 0 Å². The van der Waals surface area contributed by atoms with Gasteiger partial charge in [0.2, 0.25) is 11.1 Å². The number of carbonyl (C=O) groups is 2.